The minimum atomic E-state index is -0.381. The van der Waals surface area contributed by atoms with E-state index < -0.39 is 0 Å². The van der Waals surface area contributed by atoms with E-state index in [9.17, 15) is 4.79 Å². The van der Waals surface area contributed by atoms with E-state index in [0.717, 1.165) is 11.3 Å². The summed E-state index contributed by atoms with van der Waals surface area (Å²) < 4.78 is 15.6. The van der Waals surface area contributed by atoms with Crippen LogP contribution in [0.3, 0.4) is 0 Å². The Morgan fingerprint density at radius 3 is 2.58 bits per heavy atom. The normalized spacial score (nSPS) is 10.2. The number of ether oxygens (including phenoxy) is 2. The molecule has 3 rings (SSSR count). The Morgan fingerprint density at radius 2 is 1.88 bits per heavy atom. The van der Waals surface area contributed by atoms with Gasteiger partial charge in [-0.05, 0) is 35.0 Å². The molecule has 3 aromatic rings. The second-order valence-electron chi connectivity index (χ2n) is 4.99. The predicted octanol–water partition coefficient (Wildman–Crippen LogP) is 3.51. The molecule has 0 spiro atoms. The van der Waals surface area contributed by atoms with Crippen molar-refractivity contribution in [2.24, 2.45) is 0 Å². The highest BCUT2D eigenvalue weighted by Gasteiger charge is 2.14. The van der Waals surface area contributed by atoms with Crippen molar-refractivity contribution >= 4 is 11.6 Å². The number of methoxy groups -OCH3 is 1. The van der Waals surface area contributed by atoms with Crippen molar-refractivity contribution < 1.29 is 18.8 Å². The highest BCUT2D eigenvalue weighted by molar-refractivity contribution is 6.02. The number of carbonyl (C=O) groups excluding carboxylic acids is 1. The fraction of sp³-hybridized carbons (Fsp3) is 0.111. The lowest BCUT2D eigenvalue weighted by Crippen LogP contribution is -2.10. The fourth-order valence-electron chi connectivity index (χ4n) is 2.03. The van der Waals surface area contributed by atoms with Gasteiger partial charge in [0.25, 0.3) is 11.8 Å². The lowest BCUT2D eigenvalue weighted by molar-refractivity contribution is 0.0987. The number of benzene rings is 2. The molecule has 6 nitrogen and oxygen atoms in total. The number of hydrogen-bond donors (Lipinski definition) is 1. The monoisotopic (exact) mass is 324 g/mol. The number of amides is 1. The van der Waals surface area contributed by atoms with E-state index in [-0.39, 0.29) is 17.5 Å². The first-order chi connectivity index (χ1) is 11.7. The van der Waals surface area contributed by atoms with Crippen LogP contribution in [0.15, 0.2) is 65.2 Å². The van der Waals surface area contributed by atoms with Gasteiger partial charge in [-0.15, -0.1) is 0 Å². The largest absolute Gasteiger partial charge is 0.497 e. The zero-order valence-electron chi connectivity index (χ0n) is 13.1. The summed E-state index contributed by atoms with van der Waals surface area (Å²) in [5, 5.41) is 6.46. The first-order valence-corrected chi connectivity index (χ1v) is 7.33. The molecule has 0 aliphatic heterocycles. The molecular weight excluding hydrogens is 308 g/mol. The highest BCUT2D eigenvalue weighted by Crippen LogP contribution is 2.17. The molecule has 0 atom stereocenters. The van der Waals surface area contributed by atoms with Crippen LogP contribution in [0.1, 0.15) is 16.1 Å². The molecule has 6 heteroatoms. The summed E-state index contributed by atoms with van der Waals surface area (Å²) in [5.41, 5.74) is 1.63. The summed E-state index contributed by atoms with van der Waals surface area (Å²) in [5.74, 6) is 0.737. The molecule has 0 fully saturated rings. The van der Waals surface area contributed by atoms with Crippen molar-refractivity contribution in [1.82, 2.24) is 5.16 Å². The van der Waals surface area contributed by atoms with Gasteiger partial charge >= 0.3 is 0 Å². The summed E-state index contributed by atoms with van der Waals surface area (Å²) in [6.07, 6.45) is 0. The van der Waals surface area contributed by atoms with Gasteiger partial charge in [0.05, 0.1) is 13.2 Å². The molecule has 1 N–H and O–H groups in total. The fourth-order valence-corrected chi connectivity index (χ4v) is 2.03. The van der Waals surface area contributed by atoms with Gasteiger partial charge in [-0.3, -0.25) is 4.79 Å². The number of rotatable bonds is 6. The molecule has 122 valence electrons. The Morgan fingerprint density at radius 1 is 1.12 bits per heavy atom. The zero-order valence-corrected chi connectivity index (χ0v) is 13.1. The van der Waals surface area contributed by atoms with Crippen molar-refractivity contribution in [3.8, 4) is 11.6 Å². The topological polar surface area (TPSA) is 73.6 Å². The van der Waals surface area contributed by atoms with E-state index in [1.54, 1.807) is 19.2 Å². The highest BCUT2D eigenvalue weighted by atomic mass is 16.5. The molecule has 0 saturated carbocycles. The van der Waals surface area contributed by atoms with Gasteiger partial charge in [0.1, 0.15) is 12.4 Å². The molecule has 1 heterocycles. The van der Waals surface area contributed by atoms with E-state index in [1.807, 2.05) is 42.5 Å². The molecule has 0 aliphatic rings. The number of nitrogens with one attached hydrogen (secondary N) is 1. The molecule has 2 aromatic carbocycles. The number of anilines is 1. The van der Waals surface area contributed by atoms with Gasteiger partial charge in [0.15, 0.2) is 0 Å². The van der Waals surface area contributed by atoms with Crippen molar-refractivity contribution in [1.29, 1.82) is 0 Å². The third-order valence-corrected chi connectivity index (χ3v) is 3.29. The molecule has 24 heavy (non-hydrogen) atoms. The minimum absolute atomic E-state index is 0.0867. The quantitative estimate of drug-likeness (QED) is 0.751. The zero-order chi connectivity index (χ0) is 16.8. The van der Waals surface area contributed by atoms with Crippen LogP contribution < -0.4 is 14.8 Å². The van der Waals surface area contributed by atoms with E-state index in [1.165, 1.54) is 6.07 Å². The van der Waals surface area contributed by atoms with E-state index >= 15 is 0 Å². The van der Waals surface area contributed by atoms with Crippen molar-refractivity contribution in [2.75, 3.05) is 12.4 Å². The lowest BCUT2D eigenvalue weighted by atomic mass is 10.2. The number of nitrogens with zero attached hydrogens (tertiary/aromatic N) is 1. The van der Waals surface area contributed by atoms with Gasteiger partial charge in [-0.2, -0.15) is 0 Å². The van der Waals surface area contributed by atoms with Gasteiger partial charge in [0, 0.05) is 5.69 Å². The molecular formula is C18H16N2O4. The molecule has 1 amide bonds. The molecule has 0 saturated heterocycles. The Kier molecular flexibility index (Phi) is 4.76. The maximum Gasteiger partial charge on any atom is 0.294 e. The van der Waals surface area contributed by atoms with Crippen LogP contribution in [-0.2, 0) is 6.61 Å². The summed E-state index contributed by atoms with van der Waals surface area (Å²) in [7, 11) is 1.61. The van der Waals surface area contributed by atoms with E-state index in [4.69, 9.17) is 14.0 Å². The van der Waals surface area contributed by atoms with Gasteiger partial charge in [0.2, 0.25) is 5.76 Å². The summed E-state index contributed by atoms with van der Waals surface area (Å²) in [4.78, 5) is 12.1. The molecule has 0 unspecified atom stereocenters. The third kappa shape index (κ3) is 3.92. The lowest BCUT2D eigenvalue weighted by Gasteiger charge is -2.03. The van der Waals surface area contributed by atoms with Crippen LogP contribution in [0, 0.1) is 0 Å². The first-order valence-electron chi connectivity index (χ1n) is 7.33. The molecule has 0 radical (unpaired) electrons. The summed E-state index contributed by atoms with van der Waals surface area (Å²) in [6, 6.07) is 18.0. The Balaban J connectivity index is 1.57. The van der Waals surface area contributed by atoms with E-state index in [0.29, 0.717) is 12.3 Å². The number of aromatic nitrogens is 1. The van der Waals surface area contributed by atoms with Crippen LogP contribution in [0.25, 0.3) is 0 Å². The molecule has 0 bridgehead atoms. The maximum absolute atomic E-state index is 12.1. The van der Waals surface area contributed by atoms with Crippen LogP contribution in [0.2, 0.25) is 0 Å². The SMILES string of the molecule is COc1ccc(COc2cc(C(=O)Nc3ccccc3)on2)cc1. The Labute approximate surface area is 139 Å². The second kappa shape index (κ2) is 7.32. The second-order valence-corrected chi connectivity index (χ2v) is 4.99. The maximum atomic E-state index is 12.1. The Bertz CT molecular complexity index is 797. The van der Waals surface area contributed by atoms with Crippen LogP contribution in [0.4, 0.5) is 5.69 Å². The summed E-state index contributed by atoms with van der Waals surface area (Å²) in [6.45, 7) is 0.316. The average Bonchev–Trinajstić information content (AvgIpc) is 3.10. The molecule has 0 aliphatic carbocycles. The standard InChI is InChI=1S/C18H16N2O4/c1-22-15-9-7-13(8-10-15)12-23-17-11-16(24-20-17)18(21)19-14-5-3-2-4-6-14/h2-11H,12H2,1H3,(H,19,21). The number of para-hydroxylation sites is 1. The molecule has 1 aromatic heterocycles. The van der Waals surface area contributed by atoms with E-state index in [2.05, 4.69) is 10.5 Å². The van der Waals surface area contributed by atoms with Gasteiger partial charge < -0.3 is 19.3 Å². The van der Waals surface area contributed by atoms with Crippen LogP contribution in [-0.4, -0.2) is 18.2 Å². The van der Waals surface area contributed by atoms with Gasteiger partial charge in [-0.25, -0.2) is 0 Å². The first kappa shape index (κ1) is 15.6. The summed E-state index contributed by atoms with van der Waals surface area (Å²) >= 11 is 0. The van der Waals surface area contributed by atoms with Crippen molar-refractivity contribution in [3.63, 3.8) is 0 Å². The van der Waals surface area contributed by atoms with Crippen LogP contribution >= 0.6 is 0 Å². The van der Waals surface area contributed by atoms with Gasteiger partial charge in [-0.1, -0.05) is 30.3 Å². The number of hydrogen-bond acceptors (Lipinski definition) is 5. The minimum Gasteiger partial charge on any atom is -0.497 e. The third-order valence-electron chi connectivity index (χ3n) is 3.29. The Hall–Kier alpha value is -3.28. The number of carbonyl (C=O) groups is 1. The average molecular weight is 324 g/mol. The van der Waals surface area contributed by atoms with Crippen LogP contribution in [0.5, 0.6) is 11.6 Å². The van der Waals surface area contributed by atoms with Crippen molar-refractivity contribution in [3.05, 3.63) is 72.0 Å². The van der Waals surface area contributed by atoms with Crippen molar-refractivity contribution in [2.45, 2.75) is 6.61 Å². The predicted molar refractivity (Wildman–Crippen MR) is 88.2 cm³/mol. The smallest absolute Gasteiger partial charge is 0.294 e.